The Bertz CT molecular complexity index is 728. The summed E-state index contributed by atoms with van der Waals surface area (Å²) in [4.78, 5) is 26.2. The van der Waals surface area contributed by atoms with Crippen LogP contribution in [0.3, 0.4) is 0 Å². The maximum atomic E-state index is 11.6. The van der Waals surface area contributed by atoms with Gasteiger partial charge in [-0.2, -0.15) is 4.99 Å². The number of guanidine groups is 2. The highest BCUT2D eigenvalue weighted by atomic mass is 16.5. The second-order valence-corrected chi connectivity index (χ2v) is 4.01. The van der Waals surface area contributed by atoms with Crippen LogP contribution in [0.5, 0.6) is 0 Å². The van der Waals surface area contributed by atoms with Crippen LogP contribution in [0.2, 0.25) is 0 Å². The Morgan fingerprint density at radius 2 is 2.14 bits per heavy atom. The molecular formula is C12H15N7O2. The summed E-state index contributed by atoms with van der Waals surface area (Å²) in [6, 6.07) is 5.03. The van der Waals surface area contributed by atoms with E-state index in [-0.39, 0.29) is 24.4 Å². The highest BCUT2D eigenvalue weighted by molar-refractivity contribution is 5.94. The first-order valence-electron chi connectivity index (χ1n) is 6.10. The molecule has 0 atom stereocenters. The molecule has 0 bridgehead atoms. The van der Waals surface area contributed by atoms with Gasteiger partial charge in [0.15, 0.2) is 5.96 Å². The van der Waals surface area contributed by atoms with Crippen LogP contribution in [0.15, 0.2) is 28.2 Å². The Labute approximate surface area is 119 Å². The van der Waals surface area contributed by atoms with Gasteiger partial charge in [0.2, 0.25) is 11.8 Å². The fraction of sp³-hybridized carbons (Fsp3) is 0.167. The number of hydrogen-bond donors (Lipinski definition) is 4. The number of carbonyl (C=O) groups excluding carboxylic acids is 1. The highest BCUT2D eigenvalue weighted by Gasteiger charge is 2.12. The van der Waals surface area contributed by atoms with Gasteiger partial charge >= 0.3 is 5.97 Å². The number of ether oxygens (including phenoxy) is 1. The molecule has 110 valence electrons. The Balaban J connectivity index is 2.34. The van der Waals surface area contributed by atoms with Crippen LogP contribution in [0.1, 0.15) is 17.5 Å². The predicted molar refractivity (Wildman–Crippen MR) is 79.1 cm³/mol. The van der Waals surface area contributed by atoms with Crippen LogP contribution in [0.25, 0.3) is 11.0 Å². The Morgan fingerprint density at radius 3 is 2.81 bits per heavy atom. The van der Waals surface area contributed by atoms with Crippen LogP contribution in [0, 0.1) is 0 Å². The molecule has 1 aromatic heterocycles. The highest BCUT2D eigenvalue weighted by Crippen LogP contribution is 2.20. The number of aromatic amines is 1. The molecule has 1 heterocycles. The third-order valence-electron chi connectivity index (χ3n) is 2.42. The third kappa shape index (κ3) is 3.47. The van der Waals surface area contributed by atoms with Crippen molar-refractivity contribution in [1.29, 1.82) is 0 Å². The van der Waals surface area contributed by atoms with Crippen molar-refractivity contribution in [2.24, 2.45) is 27.2 Å². The molecular weight excluding hydrogens is 274 g/mol. The van der Waals surface area contributed by atoms with Gasteiger partial charge in [-0.15, -0.1) is 0 Å². The van der Waals surface area contributed by atoms with Gasteiger partial charge < -0.3 is 26.9 Å². The van der Waals surface area contributed by atoms with Gasteiger partial charge in [-0.1, -0.05) is 0 Å². The minimum absolute atomic E-state index is 0.0699. The van der Waals surface area contributed by atoms with Gasteiger partial charge in [-0.25, -0.2) is 14.8 Å². The van der Waals surface area contributed by atoms with E-state index < -0.39 is 5.97 Å². The molecule has 0 radical (unpaired) electrons. The van der Waals surface area contributed by atoms with Crippen LogP contribution in [0.4, 0.5) is 5.69 Å². The topological polar surface area (TPSA) is 158 Å². The van der Waals surface area contributed by atoms with E-state index in [1.54, 1.807) is 25.1 Å². The standard InChI is InChI=1S/C12H15N7O2/c1-2-21-10(20)9-17-7-4-3-6(5-8(7)18-9)16-12(15)19-11(13)14/h3-5H,2H2,1H3,(H,17,18)(H6,13,14,15,16,19). The number of aliphatic imine (C=N–C) groups is 2. The molecule has 0 saturated carbocycles. The zero-order chi connectivity index (χ0) is 15.4. The maximum Gasteiger partial charge on any atom is 0.374 e. The number of imidazole rings is 1. The molecule has 0 aliphatic carbocycles. The van der Waals surface area contributed by atoms with Crippen molar-refractivity contribution in [2.45, 2.75) is 6.92 Å². The average molecular weight is 289 g/mol. The minimum Gasteiger partial charge on any atom is -0.460 e. The number of esters is 1. The van der Waals surface area contributed by atoms with Gasteiger partial charge in [-0.05, 0) is 25.1 Å². The van der Waals surface area contributed by atoms with Crippen molar-refractivity contribution in [2.75, 3.05) is 6.61 Å². The van der Waals surface area contributed by atoms with E-state index in [9.17, 15) is 4.79 Å². The first-order chi connectivity index (χ1) is 9.99. The lowest BCUT2D eigenvalue weighted by atomic mass is 10.3. The second-order valence-electron chi connectivity index (χ2n) is 4.01. The number of nitrogens with two attached hydrogens (primary N) is 3. The normalized spacial score (nSPS) is 11.4. The lowest BCUT2D eigenvalue weighted by Crippen LogP contribution is -2.26. The Hall–Kier alpha value is -3.10. The van der Waals surface area contributed by atoms with E-state index in [0.29, 0.717) is 16.7 Å². The molecule has 2 rings (SSSR count). The molecule has 9 heteroatoms. The van der Waals surface area contributed by atoms with Crippen molar-refractivity contribution < 1.29 is 9.53 Å². The molecule has 2 aromatic rings. The zero-order valence-corrected chi connectivity index (χ0v) is 11.3. The molecule has 0 fully saturated rings. The fourth-order valence-corrected chi connectivity index (χ4v) is 1.65. The van der Waals surface area contributed by atoms with Gasteiger partial charge in [0.1, 0.15) is 0 Å². The van der Waals surface area contributed by atoms with E-state index >= 15 is 0 Å². The molecule has 0 aliphatic rings. The van der Waals surface area contributed by atoms with Gasteiger partial charge in [0, 0.05) is 0 Å². The number of aromatic nitrogens is 2. The maximum absolute atomic E-state index is 11.6. The number of carbonyl (C=O) groups is 1. The zero-order valence-electron chi connectivity index (χ0n) is 11.3. The molecule has 0 saturated heterocycles. The van der Waals surface area contributed by atoms with Gasteiger partial charge in [0.05, 0.1) is 23.3 Å². The first kappa shape index (κ1) is 14.3. The summed E-state index contributed by atoms with van der Waals surface area (Å²) >= 11 is 0. The lowest BCUT2D eigenvalue weighted by molar-refractivity contribution is 0.0514. The third-order valence-corrected chi connectivity index (χ3v) is 2.42. The van der Waals surface area contributed by atoms with Crippen molar-refractivity contribution in [3.63, 3.8) is 0 Å². The van der Waals surface area contributed by atoms with E-state index in [1.165, 1.54) is 0 Å². The monoisotopic (exact) mass is 289 g/mol. The van der Waals surface area contributed by atoms with E-state index in [1.807, 2.05) is 0 Å². The number of nitrogens with zero attached hydrogens (tertiary/aromatic N) is 3. The van der Waals surface area contributed by atoms with Crippen molar-refractivity contribution >= 4 is 34.6 Å². The molecule has 0 spiro atoms. The largest absolute Gasteiger partial charge is 0.460 e. The number of H-pyrrole nitrogens is 1. The second kappa shape index (κ2) is 5.90. The van der Waals surface area contributed by atoms with E-state index in [2.05, 4.69) is 20.0 Å². The fourth-order valence-electron chi connectivity index (χ4n) is 1.65. The molecule has 21 heavy (non-hydrogen) atoms. The molecule has 0 unspecified atom stereocenters. The van der Waals surface area contributed by atoms with E-state index in [0.717, 1.165) is 0 Å². The summed E-state index contributed by atoms with van der Waals surface area (Å²) in [5.74, 6) is -0.633. The number of rotatable bonds is 3. The van der Waals surface area contributed by atoms with Crippen LogP contribution < -0.4 is 17.2 Å². The van der Waals surface area contributed by atoms with Crippen LogP contribution >= 0.6 is 0 Å². The minimum atomic E-state index is -0.515. The molecule has 0 amide bonds. The number of fused-ring (bicyclic) bond motifs is 1. The summed E-state index contributed by atoms with van der Waals surface area (Å²) in [7, 11) is 0. The van der Waals surface area contributed by atoms with Crippen molar-refractivity contribution in [3.8, 4) is 0 Å². The number of benzene rings is 1. The lowest BCUT2D eigenvalue weighted by Gasteiger charge is -1.96. The van der Waals surface area contributed by atoms with Gasteiger partial charge in [-0.3, -0.25) is 0 Å². The first-order valence-corrected chi connectivity index (χ1v) is 6.10. The molecule has 1 aromatic carbocycles. The number of nitrogens with one attached hydrogen (secondary N) is 1. The number of hydrogen-bond acceptors (Lipinski definition) is 4. The smallest absolute Gasteiger partial charge is 0.374 e. The molecule has 9 nitrogen and oxygen atoms in total. The predicted octanol–water partition coefficient (Wildman–Crippen LogP) is -0.0408. The van der Waals surface area contributed by atoms with E-state index in [4.69, 9.17) is 21.9 Å². The van der Waals surface area contributed by atoms with Crippen molar-refractivity contribution in [3.05, 3.63) is 24.0 Å². The molecule has 0 aliphatic heterocycles. The average Bonchev–Trinajstić information content (AvgIpc) is 2.81. The summed E-state index contributed by atoms with van der Waals surface area (Å²) in [5, 5.41) is 0. The summed E-state index contributed by atoms with van der Waals surface area (Å²) < 4.78 is 4.87. The summed E-state index contributed by atoms with van der Waals surface area (Å²) in [6.45, 7) is 2.00. The van der Waals surface area contributed by atoms with Crippen LogP contribution in [-0.2, 0) is 4.74 Å². The van der Waals surface area contributed by atoms with Gasteiger partial charge in [0.25, 0.3) is 0 Å². The Morgan fingerprint density at radius 1 is 1.38 bits per heavy atom. The summed E-state index contributed by atoms with van der Waals surface area (Å²) in [6.07, 6.45) is 0. The quantitative estimate of drug-likeness (QED) is 0.352. The SMILES string of the molecule is CCOC(=O)c1nc2ccc(N=C(N)N=C(N)N)cc2[nH]1. The van der Waals surface area contributed by atoms with Crippen molar-refractivity contribution in [1.82, 2.24) is 9.97 Å². The van der Waals surface area contributed by atoms with Crippen LogP contribution in [-0.4, -0.2) is 34.5 Å². The Kier molecular flexibility index (Phi) is 4.02. The molecule has 7 N–H and O–H groups in total. The summed E-state index contributed by atoms with van der Waals surface area (Å²) in [5.41, 5.74) is 17.7.